The maximum Gasteiger partial charge on any atom is 0.326 e. The van der Waals surface area contributed by atoms with Crippen molar-refractivity contribution in [2.45, 2.75) is 76.5 Å². The molecule has 1 aliphatic heterocycles. The van der Waals surface area contributed by atoms with Crippen LogP contribution in [0.4, 0.5) is 0 Å². The molecule has 33 heavy (non-hydrogen) atoms. The van der Waals surface area contributed by atoms with Gasteiger partial charge in [-0.25, -0.2) is 4.79 Å². The van der Waals surface area contributed by atoms with Crippen molar-refractivity contribution in [3.05, 3.63) is 0 Å². The average Bonchev–Trinajstić information content (AvgIpc) is 3.26. The van der Waals surface area contributed by atoms with Crippen LogP contribution in [-0.4, -0.2) is 87.5 Å². The van der Waals surface area contributed by atoms with Crippen LogP contribution in [0.25, 0.3) is 0 Å². The Balaban J connectivity index is 2.97. The van der Waals surface area contributed by atoms with E-state index < -0.39 is 53.8 Å². The van der Waals surface area contributed by atoms with Crippen molar-refractivity contribution in [3.8, 4) is 0 Å². The molecule has 0 bridgehead atoms. The van der Waals surface area contributed by atoms with Gasteiger partial charge in [-0.2, -0.15) is 11.8 Å². The molecule has 0 spiro atoms. The molecule has 1 fully saturated rings. The quantitative estimate of drug-likeness (QED) is 0.225. The monoisotopic (exact) mass is 488 g/mol. The number of carbonyl (C=O) groups is 5. The Bertz CT molecular complexity index is 721. The Morgan fingerprint density at radius 2 is 1.82 bits per heavy atom. The van der Waals surface area contributed by atoms with Gasteiger partial charge < -0.3 is 31.5 Å². The SMILES string of the molecule is CCC(C)C(NC(=O)C1CCCN1C(=O)C(CCC(=O)O)NC(=O)C(N)CCSC)C(=O)O. The first-order chi connectivity index (χ1) is 15.5. The number of hydrogen-bond acceptors (Lipinski definition) is 7. The molecule has 1 rings (SSSR count). The smallest absolute Gasteiger partial charge is 0.326 e. The summed E-state index contributed by atoms with van der Waals surface area (Å²) in [5, 5.41) is 23.6. The average molecular weight is 489 g/mol. The molecule has 5 atom stereocenters. The molecule has 1 heterocycles. The molecule has 0 radical (unpaired) electrons. The number of carboxylic acid groups (broad SMARTS) is 2. The fourth-order valence-corrected chi connectivity index (χ4v) is 4.11. The molecule has 0 aliphatic carbocycles. The highest BCUT2D eigenvalue weighted by atomic mass is 32.2. The Morgan fingerprint density at radius 3 is 2.36 bits per heavy atom. The van der Waals surface area contributed by atoms with Gasteiger partial charge in [0, 0.05) is 13.0 Å². The second-order valence-corrected chi connectivity index (χ2v) is 9.27. The van der Waals surface area contributed by atoms with Gasteiger partial charge in [-0.05, 0) is 43.6 Å². The fourth-order valence-electron chi connectivity index (χ4n) is 3.62. The van der Waals surface area contributed by atoms with Crippen molar-refractivity contribution in [1.82, 2.24) is 15.5 Å². The maximum absolute atomic E-state index is 13.2. The van der Waals surface area contributed by atoms with E-state index in [9.17, 15) is 29.1 Å². The number of amides is 3. The summed E-state index contributed by atoms with van der Waals surface area (Å²) in [5.74, 6) is -3.64. The number of thioether (sulfide) groups is 1. The Kier molecular flexibility index (Phi) is 12.2. The lowest BCUT2D eigenvalue weighted by Gasteiger charge is -2.30. The van der Waals surface area contributed by atoms with E-state index in [2.05, 4.69) is 10.6 Å². The molecule has 0 saturated carbocycles. The summed E-state index contributed by atoms with van der Waals surface area (Å²) in [6.07, 6.45) is 3.19. The van der Waals surface area contributed by atoms with Crippen LogP contribution in [0.3, 0.4) is 0 Å². The lowest BCUT2D eigenvalue weighted by atomic mass is 9.98. The zero-order valence-electron chi connectivity index (χ0n) is 19.4. The first-order valence-corrected chi connectivity index (χ1v) is 12.5. The van der Waals surface area contributed by atoms with Crippen molar-refractivity contribution in [1.29, 1.82) is 0 Å². The largest absolute Gasteiger partial charge is 0.481 e. The van der Waals surface area contributed by atoms with Crippen LogP contribution in [0.15, 0.2) is 0 Å². The van der Waals surface area contributed by atoms with E-state index in [1.165, 1.54) is 16.7 Å². The second-order valence-electron chi connectivity index (χ2n) is 8.28. The summed E-state index contributed by atoms with van der Waals surface area (Å²) in [4.78, 5) is 62.5. The molecule has 0 aromatic carbocycles. The molecule has 0 aromatic heterocycles. The molecule has 5 unspecified atom stereocenters. The molecule has 6 N–H and O–H groups in total. The van der Waals surface area contributed by atoms with Gasteiger partial charge in [0.05, 0.1) is 6.04 Å². The molecule has 11 nitrogen and oxygen atoms in total. The predicted molar refractivity (Wildman–Crippen MR) is 124 cm³/mol. The minimum absolute atomic E-state index is 0.148. The van der Waals surface area contributed by atoms with E-state index >= 15 is 0 Å². The van der Waals surface area contributed by atoms with Crippen molar-refractivity contribution >= 4 is 41.4 Å². The Labute approximate surface area is 198 Å². The highest BCUT2D eigenvalue weighted by Crippen LogP contribution is 2.21. The molecule has 1 aliphatic rings. The van der Waals surface area contributed by atoms with Crippen LogP contribution in [0, 0.1) is 5.92 Å². The minimum atomic E-state index is -1.15. The third-order valence-electron chi connectivity index (χ3n) is 5.85. The first-order valence-electron chi connectivity index (χ1n) is 11.1. The maximum atomic E-state index is 13.2. The van der Waals surface area contributed by atoms with E-state index in [1.807, 2.05) is 13.2 Å². The number of nitrogens with zero attached hydrogens (tertiary/aromatic N) is 1. The number of likely N-dealkylation sites (tertiary alicyclic amines) is 1. The highest BCUT2D eigenvalue weighted by molar-refractivity contribution is 7.98. The molecule has 1 saturated heterocycles. The topological polar surface area (TPSA) is 179 Å². The highest BCUT2D eigenvalue weighted by Gasteiger charge is 2.39. The summed E-state index contributed by atoms with van der Waals surface area (Å²) in [5.41, 5.74) is 5.87. The molecule has 12 heteroatoms. The molecule has 0 aromatic rings. The normalized spacial score (nSPS) is 19.3. The predicted octanol–water partition coefficient (Wildman–Crippen LogP) is 0.0229. The van der Waals surface area contributed by atoms with Crippen LogP contribution in [0.2, 0.25) is 0 Å². The van der Waals surface area contributed by atoms with Gasteiger partial charge in [0.1, 0.15) is 18.1 Å². The minimum Gasteiger partial charge on any atom is -0.481 e. The van der Waals surface area contributed by atoms with Crippen molar-refractivity contribution in [2.24, 2.45) is 11.7 Å². The Morgan fingerprint density at radius 1 is 1.15 bits per heavy atom. The summed E-state index contributed by atoms with van der Waals surface area (Å²) < 4.78 is 0. The lowest BCUT2D eigenvalue weighted by molar-refractivity contribution is -0.146. The number of hydrogen-bond donors (Lipinski definition) is 5. The third-order valence-corrected chi connectivity index (χ3v) is 6.49. The molecular formula is C21H36N4O7S. The zero-order chi connectivity index (χ0) is 25.1. The van der Waals surface area contributed by atoms with Crippen LogP contribution in [0.5, 0.6) is 0 Å². The van der Waals surface area contributed by atoms with Gasteiger partial charge in [0.25, 0.3) is 0 Å². The number of aliphatic carboxylic acids is 2. The van der Waals surface area contributed by atoms with Gasteiger partial charge in [0.15, 0.2) is 0 Å². The summed E-state index contributed by atoms with van der Waals surface area (Å²) in [7, 11) is 0. The van der Waals surface area contributed by atoms with Crippen molar-refractivity contribution in [2.75, 3.05) is 18.6 Å². The van der Waals surface area contributed by atoms with Crippen LogP contribution in [0.1, 0.15) is 52.4 Å². The van der Waals surface area contributed by atoms with Crippen molar-refractivity contribution in [3.63, 3.8) is 0 Å². The van der Waals surface area contributed by atoms with Crippen LogP contribution < -0.4 is 16.4 Å². The van der Waals surface area contributed by atoms with E-state index in [-0.39, 0.29) is 25.3 Å². The zero-order valence-corrected chi connectivity index (χ0v) is 20.2. The Hall–Kier alpha value is -2.34. The van der Waals surface area contributed by atoms with E-state index in [1.54, 1.807) is 6.92 Å². The lowest BCUT2D eigenvalue weighted by Crippen LogP contribution is -2.57. The van der Waals surface area contributed by atoms with Gasteiger partial charge in [-0.1, -0.05) is 20.3 Å². The standard InChI is InChI=1S/C21H36N4O7S/c1-4-12(2)17(21(31)32)24-19(29)15-6-5-10-25(15)20(30)14(7-8-16(26)27)23-18(28)13(22)9-11-33-3/h12-15,17H,4-11,22H2,1-3H3,(H,23,28)(H,24,29)(H,26,27)(H,31,32). The second kappa shape index (κ2) is 14.0. The number of rotatable bonds is 14. The molecule has 3 amide bonds. The summed E-state index contributed by atoms with van der Waals surface area (Å²) >= 11 is 1.52. The van der Waals surface area contributed by atoms with Gasteiger partial charge in [-0.3, -0.25) is 19.2 Å². The van der Waals surface area contributed by atoms with E-state index in [0.29, 0.717) is 31.4 Å². The van der Waals surface area contributed by atoms with E-state index in [0.717, 1.165) is 0 Å². The van der Waals surface area contributed by atoms with Gasteiger partial charge >= 0.3 is 11.9 Å². The van der Waals surface area contributed by atoms with Crippen molar-refractivity contribution < 1.29 is 34.2 Å². The number of carbonyl (C=O) groups excluding carboxylic acids is 3. The summed E-state index contributed by atoms with van der Waals surface area (Å²) in [6, 6.07) is -3.97. The van der Waals surface area contributed by atoms with Gasteiger partial charge in [-0.15, -0.1) is 0 Å². The third kappa shape index (κ3) is 8.84. The molecule has 188 valence electrons. The number of carboxylic acids is 2. The number of nitrogens with two attached hydrogens (primary N) is 1. The molecular weight excluding hydrogens is 452 g/mol. The summed E-state index contributed by atoms with van der Waals surface area (Å²) in [6.45, 7) is 3.78. The van der Waals surface area contributed by atoms with Crippen LogP contribution in [-0.2, 0) is 24.0 Å². The first kappa shape index (κ1) is 28.7. The number of nitrogens with one attached hydrogen (secondary N) is 2. The van der Waals surface area contributed by atoms with Crippen LogP contribution >= 0.6 is 11.8 Å². The van der Waals surface area contributed by atoms with Gasteiger partial charge in [0.2, 0.25) is 17.7 Å². The fraction of sp³-hybridized carbons (Fsp3) is 0.762. The van der Waals surface area contributed by atoms with E-state index in [4.69, 9.17) is 10.8 Å².